The Labute approximate surface area is 170 Å². The van der Waals surface area contributed by atoms with E-state index < -0.39 is 0 Å². The van der Waals surface area contributed by atoms with Gasteiger partial charge >= 0.3 is 0 Å². The van der Waals surface area contributed by atoms with Crippen LogP contribution in [0.15, 0.2) is 59.2 Å². The van der Waals surface area contributed by atoms with Crippen molar-refractivity contribution in [2.24, 2.45) is 0 Å². The predicted molar refractivity (Wildman–Crippen MR) is 111 cm³/mol. The number of aromatic nitrogens is 5. The Bertz CT molecular complexity index is 1050. The number of thioether (sulfide) groups is 1. The first-order valence-corrected chi connectivity index (χ1v) is 10.7. The Balaban J connectivity index is 1.52. The van der Waals surface area contributed by atoms with Gasteiger partial charge in [0, 0.05) is 29.4 Å². The van der Waals surface area contributed by atoms with Crippen molar-refractivity contribution in [3.05, 3.63) is 64.8 Å². The van der Waals surface area contributed by atoms with Gasteiger partial charge in [0.25, 0.3) is 0 Å². The second-order valence-electron chi connectivity index (χ2n) is 5.68. The van der Waals surface area contributed by atoms with Crippen LogP contribution in [-0.4, -0.2) is 24.7 Å². The van der Waals surface area contributed by atoms with E-state index in [4.69, 9.17) is 16.6 Å². The molecule has 0 aliphatic rings. The van der Waals surface area contributed by atoms with Gasteiger partial charge in [0.05, 0.1) is 10.7 Å². The molecule has 0 bridgehead atoms. The molecule has 5 nitrogen and oxygen atoms in total. The van der Waals surface area contributed by atoms with E-state index in [1.165, 1.54) is 0 Å². The van der Waals surface area contributed by atoms with E-state index in [2.05, 4.69) is 32.1 Å². The number of nitrogens with zero attached hydrogens (tertiary/aromatic N) is 5. The fourth-order valence-corrected chi connectivity index (χ4v) is 4.78. The second-order valence-corrected chi connectivity index (χ2v) is 7.89. The van der Waals surface area contributed by atoms with E-state index in [1.807, 2.05) is 42.5 Å². The molecule has 0 fully saturated rings. The van der Waals surface area contributed by atoms with Crippen LogP contribution in [0.3, 0.4) is 0 Å². The number of hydrogen-bond donors (Lipinski definition) is 0. The number of thiazole rings is 1. The van der Waals surface area contributed by atoms with Crippen molar-refractivity contribution in [3.8, 4) is 22.1 Å². The van der Waals surface area contributed by atoms with Gasteiger partial charge in [0.15, 0.2) is 11.0 Å². The lowest BCUT2D eigenvalue weighted by Gasteiger charge is -2.06. The van der Waals surface area contributed by atoms with Crippen molar-refractivity contribution < 1.29 is 0 Å². The van der Waals surface area contributed by atoms with Gasteiger partial charge in [-0.25, -0.2) is 4.98 Å². The maximum Gasteiger partial charge on any atom is 0.191 e. The monoisotopic (exact) mass is 413 g/mol. The van der Waals surface area contributed by atoms with Crippen LogP contribution in [0.1, 0.15) is 12.6 Å². The molecular formula is C19H16ClN5S2. The molecule has 0 saturated carbocycles. The topological polar surface area (TPSA) is 56.5 Å². The van der Waals surface area contributed by atoms with Crippen LogP contribution in [0.25, 0.3) is 22.1 Å². The van der Waals surface area contributed by atoms with Crippen molar-refractivity contribution in [1.82, 2.24) is 24.7 Å². The minimum atomic E-state index is 0.719. The summed E-state index contributed by atoms with van der Waals surface area (Å²) in [5, 5.41) is 13.3. The summed E-state index contributed by atoms with van der Waals surface area (Å²) in [5.41, 5.74) is 2.80. The number of pyridine rings is 1. The lowest BCUT2D eigenvalue weighted by molar-refractivity contribution is 0.686. The maximum atomic E-state index is 6.28. The smallest absolute Gasteiger partial charge is 0.191 e. The van der Waals surface area contributed by atoms with E-state index in [-0.39, 0.29) is 0 Å². The number of halogens is 1. The third-order valence-corrected chi connectivity index (χ3v) is 6.19. The largest absolute Gasteiger partial charge is 0.301 e. The first-order chi connectivity index (χ1) is 13.3. The van der Waals surface area contributed by atoms with Crippen LogP contribution in [-0.2, 0) is 12.3 Å². The third-order valence-electron chi connectivity index (χ3n) is 3.93. The summed E-state index contributed by atoms with van der Waals surface area (Å²) in [6.45, 7) is 2.86. The molecule has 0 N–H and O–H groups in total. The Morgan fingerprint density at radius 1 is 1.11 bits per heavy atom. The molecule has 0 saturated heterocycles. The number of rotatable bonds is 6. The molecule has 27 heavy (non-hydrogen) atoms. The van der Waals surface area contributed by atoms with Crippen LogP contribution in [0.2, 0.25) is 5.02 Å². The average Bonchev–Trinajstić information content (AvgIpc) is 3.34. The maximum absolute atomic E-state index is 6.28. The van der Waals surface area contributed by atoms with Gasteiger partial charge in [0.1, 0.15) is 10.7 Å². The van der Waals surface area contributed by atoms with Crippen molar-refractivity contribution in [2.45, 2.75) is 24.4 Å². The lowest BCUT2D eigenvalue weighted by atomic mass is 10.2. The van der Waals surface area contributed by atoms with Crippen molar-refractivity contribution in [2.75, 3.05) is 0 Å². The van der Waals surface area contributed by atoms with Crippen LogP contribution in [0.4, 0.5) is 0 Å². The molecule has 136 valence electrons. The van der Waals surface area contributed by atoms with Crippen molar-refractivity contribution in [1.29, 1.82) is 0 Å². The molecule has 0 radical (unpaired) electrons. The SMILES string of the molecule is CCn1c(SCc2csc(-c3ccccc3Cl)n2)nnc1-c1ccccn1. The highest BCUT2D eigenvalue weighted by Crippen LogP contribution is 2.32. The highest BCUT2D eigenvalue weighted by molar-refractivity contribution is 7.98. The molecule has 4 aromatic rings. The Morgan fingerprint density at radius 3 is 2.74 bits per heavy atom. The first kappa shape index (κ1) is 18.2. The molecule has 8 heteroatoms. The second kappa shape index (κ2) is 8.21. The van der Waals surface area contributed by atoms with Gasteiger partial charge in [0.2, 0.25) is 0 Å². The van der Waals surface area contributed by atoms with Gasteiger partial charge < -0.3 is 4.57 Å². The lowest BCUT2D eigenvalue weighted by Crippen LogP contribution is -2.00. The molecule has 0 aliphatic heterocycles. The summed E-state index contributed by atoms with van der Waals surface area (Å²) < 4.78 is 2.08. The molecule has 0 atom stereocenters. The van der Waals surface area contributed by atoms with Crippen LogP contribution in [0.5, 0.6) is 0 Å². The van der Waals surface area contributed by atoms with Crippen LogP contribution >= 0.6 is 34.7 Å². The molecule has 0 amide bonds. The molecular weight excluding hydrogens is 398 g/mol. The molecule has 0 aliphatic carbocycles. The van der Waals surface area contributed by atoms with E-state index in [0.717, 1.165) is 50.3 Å². The van der Waals surface area contributed by atoms with E-state index in [9.17, 15) is 0 Å². The zero-order valence-electron chi connectivity index (χ0n) is 14.5. The zero-order valence-corrected chi connectivity index (χ0v) is 16.9. The fraction of sp³-hybridized carbons (Fsp3) is 0.158. The summed E-state index contributed by atoms with van der Waals surface area (Å²) in [7, 11) is 0. The fourth-order valence-electron chi connectivity index (χ4n) is 2.64. The van der Waals surface area contributed by atoms with Gasteiger partial charge in [-0.3, -0.25) is 4.98 Å². The highest BCUT2D eigenvalue weighted by Gasteiger charge is 2.15. The molecule has 0 unspecified atom stereocenters. The van der Waals surface area contributed by atoms with E-state index in [1.54, 1.807) is 29.3 Å². The summed E-state index contributed by atoms with van der Waals surface area (Å²) >= 11 is 9.50. The van der Waals surface area contributed by atoms with Gasteiger partial charge in [-0.05, 0) is 25.1 Å². The first-order valence-electron chi connectivity index (χ1n) is 8.43. The minimum Gasteiger partial charge on any atom is -0.301 e. The summed E-state index contributed by atoms with van der Waals surface area (Å²) in [4.78, 5) is 9.10. The summed E-state index contributed by atoms with van der Waals surface area (Å²) in [5.74, 6) is 1.51. The Morgan fingerprint density at radius 2 is 1.96 bits per heavy atom. The van der Waals surface area contributed by atoms with Gasteiger partial charge in [-0.15, -0.1) is 21.5 Å². The highest BCUT2D eigenvalue weighted by atomic mass is 35.5. The predicted octanol–water partition coefficient (Wildman–Crippen LogP) is 5.43. The summed E-state index contributed by atoms with van der Waals surface area (Å²) in [6, 6.07) is 13.6. The third kappa shape index (κ3) is 3.90. The van der Waals surface area contributed by atoms with Gasteiger partial charge in [-0.1, -0.05) is 47.6 Å². The zero-order chi connectivity index (χ0) is 18.6. The molecule has 1 aromatic carbocycles. The molecule has 4 rings (SSSR count). The minimum absolute atomic E-state index is 0.719. The van der Waals surface area contributed by atoms with Gasteiger partial charge in [-0.2, -0.15) is 0 Å². The average molecular weight is 414 g/mol. The summed E-state index contributed by atoms with van der Waals surface area (Å²) in [6.07, 6.45) is 1.77. The van der Waals surface area contributed by atoms with Crippen LogP contribution < -0.4 is 0 Å². The molecule has 3 heterocycles. The Hall–Kier alpha value is -2.22. The van der Waals surface area contributed by atoms with Crippen LogP contribution in [0, 0.1) is 0 Å². The standard InChI is InChI=1S/C19H16ClN5S2/c1-2-25-17(16-9-5-6-10-21-16)23-24-19(25)27-12-13-11-26-18(22-13)14-7-3-4-8-15(14)20/h3-11H,2,12H2,1H3. The number of hydrogen-bond acceptors (Lipinski definition) is 6. The number of benzene rings is 1. The Kier molecular flexibility index (Phi) is 5.52. The molecule has 0 spiro atoms. The van der Waals surface area contributed by atoms with E-state index >= 15 is 0 Å². The quantitative estimate of drug-likeness (QED) is 0.394. The van der Waals surface area contributed by atoms with Crippen molar-refractivity contribution >= 4 is 34.7 Å². The normalized spacial score (nSPS) is 11.0. The van der Waals surface area contributed by atoms with Crippen molar-refractivity contribution in [3.63, 3.8) is 0 Å². The van der Waals surface area contributed by atoms with E-state index in [0.29, 0.717) is 0 Å². The molecule has 3 aromatic heterocycles.